The van der Waals surface area contributed by atoms with Gasteiger partial charge in [-0.2, -0.15) is 0 Å². The number of H-pyrrole nitrogens is 1. The molecular weight excluding hydrogens is 320 g/mol. The zero-order valence-corrected chi connectivity index (χ0v) is 14.4. The fraction of sp³-hybridized carbons (Fsp3) is 0.444. The highest BCUT2D eigenvalue weighted by Crippen LogP contribution is 2.19. The molecule has 1 fully saturated rings. The highest BCUT2D eigenvalue weighted by molar-refractivity contribution is 6.01. The molecule has 3 N–H and O–H groups in total. The van der Waals surface area contributed by atoms with Crippen molar-refractivity contribution in [3.05, 3.63) is 29.6 Å². The van der Waals surface area contributed by atoms with Crippen molar-refractivity contribution >= 4 is 28.8 Å². The number of carbonyl (C=O) groups excluding carboxylic acids is 3. The van der Waals surface area contributed by atoms with Crippen molar-refractivity contribution in [2.24, 2.45) is 5.92 Å². The maximum Gasteiger partial charge on any atom is 0.249 e. The molecule has 2 aromatic rings. The highest BCUT2D eigenvalue weighted by atomic mass is 16.2. The Kier molecular flexibility index (Phi) is 4.83. The summed E-state index contributed by atoms with van der Waals surface area (Å²) >= 11 is 0. The predicted molar refractivity (Wildman–Crippen MR) is 92.7 cm³/mol. The molecule has 1 aromatic carbocycles. The van der Waals surface area contributed by atoms with Gasteiger partial charge in [0.25, 0.3) is 0 Å². The van der Waals surface area contributed by atoms with Crippen LogP contribution in [0.2, 0.25) is 0 Å². The van der Waals surface area contributed by atoms with E-state index >= 15 is 0 Å². The van der Waals surface area contributed by atoms with E-state index in [-0.39, 0.29) is 24.7 Å². The monoisotopic (exact) mass is 342 g/mol. The Labute approximate surface area is 145 Å². The SMILES string of the molecule is CC(C)Cc1nc2c(CC(=O)NC3CCC(=O)NC3=O)cccc2[nH]1. The molecule has 0 aliphatic carbocycles. The Morgan fingerprint density at radius 3 is 2.88 bits per heavy atom. The van der Waals surface area contributed by atoms with Gasteiger partial charge in [-0.3, -0.25) is 19.7 Å². The van der Waals surface area contributed by atoms with Gasteiger partial charge in [-0.15, -0.1) is 0 Å². The van der Waals surface area contributed by atoms with Crippen molar-refractivity contribution in [2.45, 2.75) is 45.6 Å². The van der Waals surface area contributed by atoms with Gasteiger partial charge in [-0.25, -0.2) is 4.98 Å². The van der Waals surface area contributed by atoms with Crippen LogP contribution in [0.4, 0.5) is 0 Å². The quantitative estimate of drug-likeness (QED) is 0.711. The van der Waals surface area contributed by atoms with E-state index in [2.05, 4.69) is 34.4 Å². The van der Waals surface area contributed by atoms with E-state index in [0.717, 1.165) is 28.8 Å². The molecule has 1 atom stereocenters. The Bertz CT molecular complexity index is 825. The molecule has 0 saturated carbocycles. The molecule has 1 unspecified atom stereocenters. The Balaban J connectivity index is 1.71. The van der Waals surface area contributed by atoms with Crippen LogP contribution < -0.4 is 10.6 Å². The van der Waals surface area contributed by atoms with Gasteiger partial charge in [0.05, 0.1) is 17.5 Å². The largest absolute Gasteiger partial charge is 0.344 e. The first kappa shape index (κ1) is 17.1. The smallest absolute Gasteiger partial charge is 0.249 e. The van der Waals surface area contributed by atoms with E-state index in [1.807, 2.05) is 18.2 Å². The van der Waals surface area contributed by atoms with Gasteiger partial charge in [-0.1, -0.05) is 26.0 Å². The summed E-state index contributed by atoms with van der Waals surface area (Å²) < 4.78 is 0. The molecule has 0 radical (unpaired) electrons. The van der Waals surface area contributed by atoms with Gasteiger partial charge < -0.3 is 10.3 Å². The van der Waals surface area contributed by atoms with E-state index in [0.29, 0.717) is 12.3 Å². The van der Waals surface area contributed by atoms with Crippen LogP contribution in [0.25, 0.3) is 11.0 Å². The molecule has 2 heterocycles. The highest BCUT2D eigenvalue weighted by Gasteiger charge is 2.27. The van der Waals surface area contributed by atoms with Gasteiger partial charge in [0.15, 0.2) is 0 Å². The summed E-state index contributed by atoms with van der Waals surface area (Å²) in [5.41, 5.74) is 2.51. The van der Waals surface area contributed by atoms with Gasteiger partial charge in [0, 0.05) is 12.8 Å². The molecule has 7 nitrogen and oxygen atoms in total. The van der Waals surface area contributed by atoms with Crippen LogP contribution in [0.5, 0.6) is 0 Å². The number of rotatable bonds is 5. The first-order valence-corrected chi connectivity index (χ1v) is 8.52. The summed E-state index contributed by atoms with van der Waals surface area (Å²) in [5.74, 6) is 0.398. The number of imide groups is 1. The Hall–Kier alpha value is -2.70. The minimum atomic E-state index is -0.653. The molecule has 0 spiro atoms. The van der Waals surface area contributed by atoms with Crippen LogP contribution in [0.15, 0.2) is 18.2 Å². The van der Waals surface area contributed by atoms with Crippen molar-refractivity contribution in [2.75, 3.05) is 0 Å². The third-order valence-corrected chi connectivity index (χ3v) is 4.17. The van der Waals surface area contributed by atoms with E-state index < -0.39 is 11.9 Å². The molecule has 1 saturated heterocycles. The van der Waals surface area contributed by atoms with Crippen molar-refractivity contribution < 1.29 is 14.4 Å². The summed E-state index contributed by atoms with van der Waals surface area (Å²) in [6.07, 6.45) is 1.56. The average molecular weight is 342 g/mol. The number of aromatic amines is 1. The van der Waals surface area contributed by atoms with Crippen LogP contribution in [0, 0.1) is 5.92 Å². The second kappa shape index (κ2) is 7.04. The zero-order valence-electron chi connectivity index (χ0n) is 14.4. The minimum absolute atomic E-state index is 0.140. The molecule has 0 bridgehead atoms. The molecule has 1 aliphatic heterocycles. The second-order valence-corrected chi connectivity index (χ2v) is 6.84. The van der Waals surface area contributed by atoms with Crippen molar-refractivity contribution in [3.63, 3.8) is 0 Å². The number of nitrogens with zero attached hydrogens (tertiary/aromatic N) is 1. The number of benzene rings is 1. The maximum absolute atomic E-state index is 12.3. The summed E-state index contributed by atoms with van der Waals surface area (Å²) in [4.78, 5) is 43.1. The van der Waals surface area contributed by atoms with E-state index in [9.17, 15) is 14.4 Å². The first-order chi connectivity index (χ1) is 11.9. The molecular formula is C18H22N4O3. The van der Waals surface area contributed by atoms with E-state index in [4.69, 9.17) is 0 Å². The number of imidazole rings is 1. The van der Waals surface area contributed by atoms with E-state index in [1.165, 1.54) is 0 Å². The van der Waals surface area contributed by atoms with Gasteiger partial charge in [0.2, 0.25) is 17.7 Å². The fourth-order valence-corrected chi connectivity index (χ4v) is 3.02. The number of hydrogen-bond acceptors (Lipinski definition) is 4. The van der Waals surface area contributed by atoms with Crippen molar-refractivity contribution in [1.29, 1.82) is 0 Å². The number of carbonyl (C=O) groups is 3. The van der Waals surface area contributed by atoms with Crippen LogP contribution >= 0.6 is 0 Å². The molecule has 1 aliphatic rings. The third kappa shape index (κ3) is 4.04. The summed E-state index contributed by atoms with van der Waals surface area (Å²) in [7, 11) is 0. The number of nitrogens with one attached hydrogen (secondary N) is 3. The van der Waals surface area contributed by atoms with Gasteiger partial charge in [-0.05, 0) is 24.0 Å². The standard InChI is InChI=1S/C18H22N4O3/c1-10(2)8-14-19-12-5-3-4-11(17(12)21-14)9-16(24)20-13-6-7-15(23)22-18(13)25/h3-5,10,13H,6-9H2,1-2H3,(H,19,21)(H,20,24)(H,22,23,25). The Morgan fingerprint density at radius 2 is 2.16 bits per heavy atom. The summed E-state index contributed by atoms with van der Waals surface area (Å²) in [6.45, 7) is 4.25. The number of hydrogen-bond donors (Lipinski definition) is 3. The van der Waals surface area contributed by atoms with Crippen LogP contribution in [0.1, 0.15) is 38.1 Å². The van der Waals surface area contributed by atoms with Crippen LogP contribution in [-0.2, 0) is 27.2 Å². The Morgan fingerprint density at radius 1 is 1.36 bits per heavy atom. The number of aromatic nitrogens is 2. The summed E-state index contributed by atoms with van der Waals surface area (Å²) in [5, 5.41) is 4.94. The maximum atomic E-state index is 12.3. The molecule has 3 amide bonds. The third-order valence-electron chi connectivity index (χ3n) is 4.17. The number of piperidine rings is 1. The van der Waals surface area contributed by atoms with Gasteiger partial charge >= 0.3 is 0 Å². The molecule has 7 heteroatoms. The lowest BCUT2D eigenvalue weighted by molar-refractivity contribution is -0.137. The first-order valence-electron chi connectivity index (χ1n) is 8.52. The summed E-state index contributed by atoms with van der Waals surface area (Å²) in [6, 6.07) is 5.04. The van der Waals surface area contributed by atoms with Gasteiger partial charge in [0.1, 0.15) is 11.9 Å². The molecule has 1 aromatic heterocycles. The predicted octanol–water partition coefficient (Wildman–Crippen LogP) is 1.23. The molecule has 25 heavy (non-hydrogen) atoms. The van der Waals surface area contributed by atoms with E-state index in [1.54, 1.807) is 0 Å². The minimum Gasteiger partial charge on any atom is -0.344 e. The van der Waals surface area contributed by atoms with Crippen LogP contribution in [0.3, 0.4) is 0 Å². The average Bonchev–Trinajstić information content (AvgIpc) is 2.93. The van der Waals surface area contributed by atoms with Crippen molar-refractivity contribution in [1.82, 2.24) is 20.6 Å². The number of para-hydroxylation sites is 1. The zero-order chi connectivity index (χ0) is 18.0. The lowest BCUT2D eigenvalue weighted by Gasteiger charge is -2.21. The number of fused-ring (bicyclic) bond motifs is 1. The number of amides is 3. The lowest BCUT2D eigenvalue weighted by Crippen LogP contribution is -2.52. The molecule has 3 rings (SSSR count). The topological polar surface area (TPSA) is 104 Å². The molecule has 132 valence electrons. The normalized spacial score (nSPS) is 17.8. The van der Waals surface area contributed by atoms with Crippen molar-refractivity contribution in [3.8, 4) is 0 Å². The lowest BCUT2D eigenvalue weighted by atomic mass is 10.0. The second-order valence-electron chi connectivity index (χ2n) is 6.84. The van der Waals surface area contributed by atoms with Crippen LogP contribution in [-0.4, -0.2) is 33.7 Å². The fourth-order valence-electron chi connectivity index (χ4n) is 3.02.